The molecule has 1 saturated carbocycles. The second-order valence-corrected chi connectivity index (χ2v) is 5.25. The highest BCUT2D eigenvalue weighted by molar-refractivity contribution is 5.85. The zero-order valence-electron chi connectivity index (χ0n) is 10.7. The third-order valence-electron chi connectivity index (χ3n) is 3.82. The molecule has 0 bridgehead atoms. The maximum Gasteiger partial charge on any atom is 0.124 e. The van der Waals surface area contributed by atoms with Crippen molar-refractivity contribution in [1.82, 2.24) is 4.90 Å². The molecule has 2 aromatic carbocycles. The van der Waals surface area contributed by atoms with Gasteiger partial charge in [-0.15, -0.1) is 0 Å². The van der Waals surface area contributed by atoms with Gasteiger partial charge in [0.15, 0.2) is 0 Å². The fourth-order valence-electron chi connectivity index (χ4n) is 2.55. The molecule has 0 N–H and O–H groups in total. The Labute approximate surface area is 107 Å². The van der Waals surface area contributed by atoms with E-state index < -0.39 is 0 Å². The number of rotatable bonds is 4. The van der Waals surface area contributed by atoms with E-state index in [1.165, 1.54) is 18.2 Å². The SMILES string of the molecule is CN(CCc1cc(F)cc2ccccc12)C1CC1. The van der Waals surface area contributed by atoms with Crippen LogP contribution in [0.3, 0.4) is 0 Å². The fraction of sp³-hybridized carbons (Fsp3) is 0.375. The lowest BCUT2D eigenvalue weighted by molar-refractivity contribution is 0.329. The van der Waals surface area contributed by atoms with Crippen LogP contribution < -0.4 is 0 Å². The van der Waals surface area contributed by atoms with Crippen molar-refractivity contribution < 1.29 is 4.39 Å². The molecule has 0 saturated heterocycles. The zero-order chi connectivity index (χ0) is 12.5. The van der Waals surface area contributed by atoms with Gasteiger partial charge in [0.2, 0.25) is 0 Å². The van der Waals surface area contributed by atoms with E-state index in [0.717, 1.165) is 30.0 Å². The van der Waals surface area contributed by atoms with Crippen LogP contribution in [0.2, 0.25) is 0 Å². The lowest BCUT2D eigenvalue weighted by Gasteiger charge is -2.16. The summed E-state index contributed by atoms with van der Waals surface area (Å²) in [5.41, 5.74) is 1.12. The number of likely N-dealkylation sites (N-methyl/N-ethyl adjacent to an activating group) is 1. The Kier molecular flexibility index (Phi) is 3.04. The van der Waals surface area contributed by atoms with E-state index >= 15 is 0 Å². The predicted octanol–water partition coefficient (Wildman–Crippen LogP) is 3.62. The molecular weight excluding hydrogens is 225 g/mol. The Morgan fingerprint density at radius 1 is 1.22 bits per heavy atom. The summed E-state index contributed by atoms with van der Waals surface area (Å²) < 4.78 is 13.6. The maximum atomic E-state index is 13.6. The molecule has 0 heterocycles. The molecule has 0 unspecified atom stereocenters. The summed E-state index contributed by atoms with van der Waals surface area (Å²) in [7, 11) is 2.17. The van der Waals surface area contributed by atoms with Crippen molar-refractivity contribution >= 4 is 10.8 Å². The summed E-state index contributed by atoms with van der Waals surface area (Å²) in [6, 6.07) is 12.1. The lowest BCUT2D eigenvalue weighted by atomic mass is 10.0. The van der Waals surface area contributed by atoms with Gasteiger partial charge in [0, 0.05) is 12.6 Å². The van der Waals surface area contributed by atoms with Gasteiger partial charge in [-0.05, 0) is 54.8 Å². The maximum absolute atomic E-state index is 13.6. The van der Waals surface area contributed by atoms with Crippen LogP contribution in [0.4, 0.5) is 4.39 Å². The molecule has 1 aliphatic rings. The molecule has 0 aromatic heterocycles. The van der Waals surface area contributed by atoms with Gasteiger partial charge in [0.05, 0.1) is 0 Å². The second-order valence-electron chi connectivity index (χ2n) is 5.25. The van der Waals surface area contributed by atoms with Gasteiger partial charge in [-0.25, -0.2) is 4.39 Å². The van der Waals surface area contributed by atoms with Crippen LogP contribution in [0.1, 0.15) is 18.4 Å². The van der Waals surface area contributed by atoms with Crippen molar-refractivity contribution in [2.45, 2.75) is 25.3 Å². The monoisotopic (exact) mass is 243 g/mol. The third-order valence-corrected chi connectivity index (χ3v) is 3.82. The molecular formula is C16H18FN. The highest BCUT2D eigenvalue weighted by atomic mass is 19.1. The van der Waals surface area contributed by atoms with Crippen LogP contribution in [0, 0.1) is 5.82 Å². The molecule has 3 rings (SSSR count). The predicted molar refractivity (Wildman–Crippen MR) is 73.3 cm³/mol. The van der Waals surface area contributed by atoms with Crippen molar-refractivity contribution in [3.63, 3.8) is 0 Å². The molecule has 0 atom stereocenters. The van der Waals surface area contributed by atoms with Crippen LogP contribution in [0.5, 0.6) is 0 Å². The number of fused-ring (bicyclic) bond motifs is 1. The second kappa shape index (κ2) is 4.69. The standard InChI is InChI=1S/C16H18FN/c1-18(15-6-7-15)9-8-13-11-14(17)10-12-4-2-3-5-16(12)13/h2-5,10-11,15H,6-9H2,1H3. The smallest absolute Gasteiger partial charge is 0.124 e. The highest BCUT2D eigenvalue weighted by Gasteiger charge is 2.25. The van der Waals surface area contributed by atoms with E-state index in [4.69, 9.17) is 0 Å². The van der Waals surface area contributed by atoms with Gasteiger partial charge < -0.3 is 4.90 Å². The Bertz CT molecular complexity index is 560. The average molecular weight is 243 g/mol. The highest BCUT2D eigenvalue weighted by Crippen LogP contribution is 2.26. The summed E-state index contributed by atoms with van der Waals surface area (Å²) in [6.45, 7) is 1.01. The van der Waals surface area contributed by atoms with Crippen molar-refractivity contribution in [2.24, 2.45) is 0 Å². The van der Waals surface area contributed by atoms with E-state index in [9.17, 15) is 4.39 Å². The van der Waals surface area contributed by atoms with Crippen LogP contribution in [0.25, 0.3) is 10.8 Å². The molecule has 0 radical (unpaired) electrons. The van der Waals surface area contributed by atoms with Gasteiger partial charge in [-0.3, -0.25) is 0 Å². The van der Waals surface area contributed by atoms with Crippen molar-refractivity contribution in [2.75, 3.05) is 13.6 Å². The number of nitrogens with zero attached hydrogens (tertiary/aromatic N) is 1. The van der Waals surface area contributed by atoms with Gasteiger partial charge in [0.25, 0.3) is 0 Å². The average Bonchev–Trinajstić information content (AvgIpc) is 3.19. The summed E-state index contributed by atoms with van der Waals surface area (Å²) in [6.07, 6.45) is 3.56. The lowest BCUT2D eigenvalue weighted by Crippen LogP contribution is -2.23. The van der Waals surface area contributed by atoms with Crippen molar-refractivity contribution in [1.29, 1.82) is 0 Å². The number of hydrogen-bond acceptors (Lipinski definition) is 1. The van der Waals surface area contributed by atoms with Gasteiger partial charge in [0.1, 0.15) is 5.82 Å². The van der Waals surface area contributed by atoms with Gasteiger partial charge in [-0.1, -0.05) is 24.3 Å². The number of hydrogen-bond donors (Lipinski definition) is 0. The number of halogens is 1. The largest absolute Gasteiger partial charge is 0.303 e. The first kappa shape index (κ1) is 11.7. The van der Waals surface area contributed by atoms with E-state index in [0.29, 0.717) is 0 Å². The molecule has 2 aromatic rings. The van der Waals surface area contributed by atoms with E-state index in [2.05, 4.69) is 18.0 Å². The van der Waals surface area contributed by atoms with Crippen molar-refractivity contribution in [3.05, 3.63) is 47.8 Å². The van der Waals surface area contributed by atoms with Crippen LogP contribution >= 0.6 is 0 Å². The Morgan fingerprint density at radius 3 is 2.78 bits per heavy atom. The van der Waals surface area contributed by atoms with Crippen LogP contribution in [-0.2, 0) is 6.42 Å². The molecule has 0 aliphatic heterocycles. The molecule has 2 heteroatoms. The van der Waals surface area contributed by atoms with E-state index in [1.54, 1.807) is 12.1 Å². The molecule has 0 amide bonds. The van der Waals surface area contributed by atoms with Crippen molar-refractivity contribution in [3.8, 4) is 0 Å². The Hall–Kier alpha value is -1.41. The molecule has 1 nitrogen and oxygen atoms in total. The number of benzene rings is 2. The molecule has 1 fully saturated rings. The van der Waals surface area contributed by atoms with Gasteiger partial charge in [-0.2, -0.15) is 0 Å². The minimum Gasteiger partial charge on any atom is -0.303 e. The van der Waals surface area contributed by atoms with Crippen LogP contribution in [-0.4, -0.2) is 24.5 Å². The minimum atomic E-state index is -0.127. The zero-order valence-corrected chi connectivity index (χ0v) is 10.7. The molecule has 94 valence electrons. The summed E-state index contributed by atoms with van der Waals surface area (Å²) in [4.78, 5) is 2.39. The van der Waals surface area contributed by atoms with E-state index in [1.807, 2.05) is 18.2 Å². The van der Waals surface area contributed by atoms with Gasteiger partial charge >= 0.3 is 0 Å². The molecule has 18 heavy (non-hydrogen) atoms. The summed E-state index contributed by atoms with van der Waals surface area (Å²) in [5, 5.41) is 2.18. The Balaban J connectivity index is 1.85. The molecule has 0 spiro atoms. The first-order valence-electron chi connectivity index (χ1n) is 6.61. The van der Waals surface area contributed by atoms with E-state index in [-0.39, 0.29) is 5.82 Å². The summed E-state index contributed by atoms with van der Waals surface area (Å²) in [5.74, 6) is -0.127. The minimum absolute atomic E-state index is 0.127. The quantitative estimate of drug-likeness (QED) is 0.792. The first-order chi connectivity index (χ1) is 8.74. The topological polar surface area (TPSA) is 3.24 Å². The first-order valence-corrected chi connectivity index (χ1v) is 6.61. The fourth-order valence-corrected chi connectivity index (χ4v) is 2.55. The van der Waals surface area contributed by atoms with Crippen LogP contribution in [0.15, 0.2) is 36.4 Å². The third kappa shape index (κ3) is 2.39. The normalized spacial score (nSPS) is 15.5. The summed E-state index contributed by atoms with van der Waals surface area (Å²) >= 11 is 0. The Morgan fingerprint density at radius 2 is 2.00 bits per heavy atom. The molecule has 1 aliphatic carbocycles.